The van der Waals surface area contributed by atoms with Crippen LogP contribution in [0.2, 0.25) is 0 Å². The summed E-state index contributed by atoms with van der Waals surface area (Å²) >= 11 is 0. The fourth-order valence-electron chi connectivity index (χ4n) is 2.20. The Balaban J connectivity index is 1.87. The van der Waals surface area contributed by atoms with Gasteiger partial charge in [0.25, 0.3) is 5.91 Å². The first-order chi connectivity index (χ1) is 9.65. The number of hydrogen-bond acceptors (Lipinski definition) is 2. The molecule has 3 aromatic rings. The summed E-state index contributed by atoms with van der Waals surface area (Å²) in [5.41, 5.74) is 1.50. The molecule has 0 unspecified atom stereocenters. The van der Waals surface area contributed by atoms with Crippen LogP contribution in [0.15, 0.2) is 42.6 Å². The lowest BCUT2D eigenvalue weighted by molar-refractivity contribution is 0.102. The standard InChI is InChI=1S/C15H16N4O/c1-10(2)19-14(7-8-16-19)18-15(20)13-9-11-5-3-4-6-12(11)17-13/h3-10,17H,1-2H3,(H,18,20). The predicted molar refractivity (Wildman–Crippen MR) is 78.9 cm³/mol. The molecule has 0 bridgehead atoms. The van der Waals surface area contributed by atoms with E-state index in [9.17, 15) is 4.79 Å². The lowest BCUT2D eigenvalue weighted by atomic mass is 10.2. The number of amides is 1. The SMILES string of the molecule is CC(C)n1nccc1NC(=O)c1cc2ccccc2[nH]1. The Kier molecular flexibility index (Phi) is 3.02. The van der Waals surface area contributed by atoms with Crippen LogP contribution in [0.1, 0.15) is 30.4 Å². The fourth-order valence-corrected chi connectivity index (χ4v) is 2.20. The topological polar surface area (TPSA) is 62.7 Å². The molecular weight excluding hydrogens is 252 g/mol. The number of aromatic nitrogens is 3. The van der Waals surface area contributed by atoms with Gasteiger partial charge in [-0.1, -0.05) is 18.2 Å². The highest BCUT2D eigenvalue weighted by Crippen LogP contribution is 2.17. The zero-order chi connectivity index (χ0) is 14.1. The summed E-state index contributed by atoms with van der Waals surface area (Å²) in [7, 11) is 0. The van der Waals surface area contributed by atoms with Crippen molar-refractivity contribution in [2.75, 3.05) is 5.32 Å². The zero-order valence-electron chi connectivity index (χ0n) is 11.4. The van der Waals surface area contributed by atoms with Gasteiger partial charge in [0.15, 0.2) is 0 Å². The smallest absolute Gasteiger partial charge is 0.273 e. The number of para-hydroxylation sites is 1. The second-order valence-corrected chi connectivity index (χ2v) is 4.98. The minimum Gasteiger partial charge on any atom is -0.351 e. The molecule has 2 heterocycles. The molecule has 0 aliphatic heterocycles. The highest BCUT2D eigenvalue weighted by atomic mass is 16.2. The molecule has 1 amide bonds. The molecule has 0 aliphatic rings. The number of nitrogens with zero attached hydrogens (tertiary/aromatic N) is 2. The normalized spacial score (nSPS) is 11.2. The molecule has 102 valence electrons. The Morgan fingerprint density at radius 2 is 2.10 bits per heavy atom. The van der Waals surface area contributed by atoms with Gasteiger partial charge in [-0.2, -0.15) is 5.10 Å². The summed E-state index contributed by atoms with van der Waals surface area (Å²) in [6, 6.07) is 11.6. The van der Waals surface area contributed by atoms with Gasteiger partial charge in [-0.25, -0.2) is 4.68 Å². The molecule has 0 aliphatic carbocycles. The zero-order valence-corrected chi connectivity index (χ0v) is 11.4. The largest absolute Gasteiger partial charge is 0.351 e. The van der Waals surface area contributed by atoms with Gasteiger partial charge >= 0.3 is 0 Å². The predicted octanol–water partition coefficient (Wildman–Crippen LogP) is 3.20. The summed E-state index contributed by atoms with van der Waals surface area (Å²) < 4.78 is 1.78. The van der Waals surface area contributed by atoms with E-state index < -0.39 is 0 Å². The average molecular weight is 268 g/mol. The molecule has 0 fully saturated rings. The minimum atomic E-state index is -0.163. The third-order valence-electron chi connectivity index (χ3n) is 3.18. The number of carbonyl (C=O) groups is 1. The van der Waals surface area contributed by atoms with E-state index in [1.807, 2.05) is 44.2 Å². The molecule has 1 aromatic carbocycles. The van der Waals surface area contributed by atoms with E-state index in [1.54, 1.807) is 16.9 Å². The van der Waals surface area contributed by atoms with Crippen LogP contribution in [0.4, 0.5) is 5.82 Å². The molecule has 5 nitrogen and oxygen atoms in total. The summed E-state index contributed by atoms with van der Waals surface area (Å²) in [4.78, 5) is 15.4. The Labute approximate surface area is 116 Å². The van der Waals surface area contributed by atoms with Gasteiger partial charge in [0, 0.05) is 23.0 Å². The number of H-pyrrole nitrogens is 1. The van der Waals surface area contributed by atoms with Crippen molar-refractivity contribution in [2.45, 2.75) is 19.9 Å². The van der Waals surface area contributed by atoms with E-state index in [1.165, 1.54) is 0 Å². The minimum absolute atomic E-state index is 0.163. The van der Waals surface area contributed by atoms with E-state index in [4.69, 9.17) is 0 Å². The molecule has 2 aromatic heterocycles. The Morgan fingerprint density at radius 3 is 2.85 bits per heavy atom. The number of anilines is 1. The van der Waals surface area contributed by atoms with Crippen molar-refractivity contribution < 1.29 is 4.79 Å². The van der Waals surface area contributed by atoms with Crippen LogP contribution in [-0.2, 0) is 0 Å². The molecule has 5 heteroatoms. The van der Waals surface area contributed by atoms with Crippen LogP contribution < -0.4 is 5.32 Å². The highest BCUT2D eigenvalue weighted by Gasteiger charge is 2.13. The molecule has 0 saturated carbocycles. The first-order valence-corrected chi connectivity index (χ1v) is 6.58. The molecular formula is C15H16N4O. The van der Waals surface area contributed by atoms with Crippen LogP contribution >= 0.6 is 0 Å². The summed E-state index contributed by atoms with van der Waals surface area (Å²) in [5.74, 6) is 0.534. The van der Waals surface area contributed by atoms with Gasteiger partial charge in [0.2, 0.25) is 0 Å². The van der Waals surface area contributed by atoms with Crippen LogP contribution in [0.3, 0.4) is 0 Å². The second-order valence-electron chi connectivity index (χ2n) is 4.98. The van der Waals surface area contributed by atoms with E-state index >= 15 is 0 Å². The van der Waals surface area contributed by atoms with E-state index in [0.717, 1.165) is 10.9 Å². The lowest BCUT2D eigenvalue weighted by Crippen LogP contribution is -2.16. The number of hydrogen-bond donors (Lipinski definition) is 2. The van der Waals surface area contributed by atoms with Crippen molar-refractivity contribution in [3.05, 3.63) is 48.3 Å². The maximum atomic E-state index is 12.3. The second kappa shape index (κ2) is 4.85. The Bertz CT molecular complexity index is 721. The van der Waals surface area contributed by atoms with Crippen molar-refractivity contribution in [1.29, 1.82) is 0 Å². The lowest BCUT2D eigenvalue weighted by Gasteiger charge is -2.11. The quantitative estimate of drug-likeness (QED) is 0.766. The highest BCUT2D eigenvalue weighted by molar-refractivity contribution is 6.05. The number of aromatic amines is 1. The monoisotopic (exact) mass is 268 g/mol. The molecule has 0 atom stereocenters. The Morgan fingerprint density at radius 1 is 1.30 bits per heavy atom. The third-order valence-corrected chi connectivity index (χ3v) is 3.18. The van der Waals surface area contributed by atoms with Gasteiger partial charge < -0.3 is 10.3 Å². The van der Waals surface area contributed by atoms with Crippen LogP contribution in [0.25, 0.3) is 10.9 Å². The maximum absolute atomic E-state index is 12.3. The van der Waals surface area contributed by atoms with Gasteiger partial charge in [-0.15, -0.1) is 0 Å². The van der Waals surface area contributed by atoms with E-state index in [2.05, 4.69) is 15.4 Å². The number of nitrogens with one attached hydrogen (secondary N) is 2. The first kappa shape index (κ1) is 12.5. The fraction of sp³-hybridized carbons (Fsp3) is 0.200. The number of benzene rings is 1. The molecule has 0 saturated heterocycles. The van der Waals surface area contributed by atoms with Crippen molar-refractivity contribution in [3.63, 3.8) is 0 Å². The first-order valence-electron chi connectivity index (χ1n) is 6.58. The van der Waals surface area contributed by atoms with Crippen molar-refractivity contribution in [1.82, 2.24) is 14.8 Å². The molecule has 2 N–H and O–H groups in total. The average Bonchev–Trinajstić information content (AvgIpc) is 3.03. The number of rotatable bonds is 3. The summed E-state index contributed by atoms with van der Waals surface area (Å²) in [5, 5.41) is 8.10. The van der Waals surface area contributed by atoms with E-state index in [0.29, 0.717) is 11.5 Å². The molecule has 0 radical (unpaired) electrons. The third kappa shape index (κ3) is 2.18. The van der Waals surface area contributed by atoms with Gasteiger partial charge in [0.1, 0.15) is 11.5 Å². The van der Waals surface area contributed by atoms with Crippen LogP contribution in [0, 0.1) is 0 Å². The molecule has 3 rings (SSSR count). The molecule has 20 heavy (non-hydrogen) atoms. The van der Waals surface area contributed by atoms with Crippen molar-refractivity contribution in [2.24, 2.45) is 0 Å². The van der Waals surface area contributed by atoms with Crippen LogP contribution in [0.5, 0.6) is 0 Å². The van der Waals surface area contributed by atoms with Crippen molar-refractivity contribution in [3.8, 4) is 0 Å². The van der Waals surface area contributed by atoms with Crippen molar-refractivity contribution >= 4 is 22.6 Å². The van der Waals surface area contributed by atoms with Gasteiger partial charge in [0.05, 0.1) is 6.20 Å². The van der Waals surface area contributed by atoms with E-state index in [-0.39, 0.29) is 11.9 Å². The summed E-state index contributed by atoms with van der Waals surface area (Å²) in [6.45, 7) is 4.04. The van der Waals surface area contributed by atoms with Gasteiger partial charge in [-0.05, 0) is 26.0 Å². The van der Waals surface area contributed by atoms with Gasteiger partial charge in [-0.3, -0.25) is 4.79 Å². The Hall–Kier alpha value is -2.56. The number of carbonyl (C=O) groups excluding carboxylic acids is 1. The molecule has 0 spiro atoms. The van der Waals surface area contributed by atoms with Crippen LogP contribution in [-0.4, -0.2) is 20.7 Å². The number of fused-ring (bicyclic) bond motifs is 1. The maximum Gasteiger partial charge on any atom is 0.273 e. The summed E-state index contributed by atoms with van der Waals surface area (Å²) in [6.07, 6.45) is 1.68.